The summed E-state index contributed by atoms with van der Waals surface area (Å²) in [6.07, 6.45) is -0.0783. The summed E-state index contributed by atoms with van der Waals surface area (Å²) in [6, 6.07) is 6.92. The van der Waals surface area contributed by atoms with Crippen LogP contribution in [0.3, 0.4) is 0 Å². The molecule has 182 valence electrons. The Morgan fingerprint density at radius 1 is 1.15 bits per heavy atom. The molecular weight excluding hydrogens is 464 g/mol. The SMILES string of the molecule is C=C(OC(C)(C)C)c1cc(-c2ccc(F)cc2F)ccc1CC(=O)SC[C@@H](NC(C)=O)C(=O)O. The zero-order valence-electron chi connectivity index (χ0n) is 19.4. The number of benzene rings is 2. The van der Waals surface area contributed by atoms with Crippen LogP contribution in [-0.4, -0.2) is 39.5 Å². The van der Waals surface area contributed by atoms with Crippen molar-refractivity contribution >= 4 is 34.5 Å². The van der Waals surface area contributed by atoms with Gasteiger partial charge in [-0.05, 0) is 50.1 Å². The highest BCUT2D eigenvalue weighted by molar-refractivity contribution is 8.13. The molecule has 0 aliphatic carbocycles. The molecule has 6 nitrogen and oxygen atoms in total. The second-order valence-electron chi connectivity index (χ2n) is 8.58. The van der Waals surface area contributed by atoms with Crippen LogP contribution in [0.4, 0.5) is 8.78 Å². The molecule has 1 atom stereocenters. The Morgan fingerprint density at radius 2 is 1.82 bits per heavy atom. The van der Waals surface area contributed by atoms with Crippen molar-refractivity contribution in [2.75, 3.05) is 5.75 Å². The van der Waals surface area contributed by atoms with Gasteiger partial charge in [0.25, 0.3) is 0 Å². The van der Waals surface area contributed by atoms with Crippen LogP contribution in [0.1, 0.15) is 38.8 Å². The molecule has 0 unspecified atom stereocenters. The van der Waals surface area contributed by atoms with Crippen molar-refractivity contribution in [2.45, 2.75) is 45.8 Å². The van der Waals surface area contributed by atoms with Crippen LogP contribution in [0.25, 0.3) is 16.9 Å². The van der Waals surface area contributed by atoms with Gasteiger partial charge in [0, 0.05) is 36.3 Å². The number of hydrogen-bond donors (Lipinski definition) is 2. The van der Waals surface area contributed by atoms with E-state index in [1.54, 1.807) is 18.2 Å². The maximum absolute atomic E-state index is 14.4. The third-order valence-electron chi connectivity index (χ3n) is 4.50. The lowest BCUT2D eigenvalue weighted by Crippen LogP contribution is -2.41. The van der Waals surface area contributed by atoms with Gasteiger partial charge in [0.05, 0.1) is 0 Å². The van der Waals surface area contributed by atoms with Gasteiger partial charge in [0.2, 0.25) is 5.91 Å². The van der Waals surface area contributed by atoms with E-state index in [-0.39, 0.29) is 28.6 Å². The molecule has 0 aliphatic rings. The highest BCUT2D eigenvalue weighted by atomic mass is 32.2. The number of carbonyl (C=O) groups excluding carboxylic acids is 2. The van der Waals surface area contributed by atoms with Crippen LogP contribution in [0.5, 0.6) is 0 Å². The van der Waals surface area contributed by atoms with Gasteiger partial charge in [-0.15, -0.1) is 0 Å². The van der Waals surface area contributed by atoms with Gasteiger partial charge >= 0.3 is 5.97 Å². The van der Waals surface area contributed by atoms with E-state index in [1.807, 2.05) is 20.8 Å². The molecule has 1 amide bonds. The number of halogens is 2. The quantitative estimate of drug-likeness (QED) is 0.489. The summed E-state index contributed by atoms with van der Waals surface area (Å²) in [5.74, 6) is -3.05. The predicted molar refractivity (Wildman–Crippen MR) is 128 cm³/mol. The standard InChI is InChI=1S/C25H27F2NO5S/c1-14(33-25(3,4)5)20-10-16(19-9-8-18(26)12-21(19)27)6-7-17(20)11-23(30)34-13-22(24(31)32)28-15(2)29/h6-10,12,22H,1,11,13H2,2-5H3,(H,28,29)(H,31,32)/t22-/m1/s1. The van der Waals surface area contributed by atoms with Crippen LogP contribution < -0.4 is 5.32 Å². The average molecular weight is 492 g/mol. The Balaban J connectivity index is 2.33. The van der Waals surface area contributed by atoms with Crippen LogP contribution in [0.2, 0.25) is 0 Å². The zero-order valence-corrected chi connectivity index (χ0v) is 20.2. The molecule has 2 aromatic carbocycles. The molecular formula is C25H27F2NO5S. The van der Waals surface area contributed by atoms with Crippen molar-refractivity contribution in [2.24, 2.45) is 0 Å². The van der Waals surface area contributed by atoms with Crippen molar-refractivity contribution in [1.29, 1.82) is 0 Å². The molecule has 34 heavy (non-hydrogen) atoms. The summed E-state index contributed by atoms with van der Waals surface area (Å²) in [6.45, 7) is 10.6. The molecule has 0 saturated carbocycles. The van der Waals surface area contributed by atoms with Crippen molar-refractivity contribution < 1.29 is 33.0 Å². The summed E-state index contributed by atoms with van der Waals surface area (Å²) < 4.78 is 33.6. The van der Waals surface area contributed by atoms with Crippen LogP contribution >= 0.6 is 11.8 Å². The van der Waals surface area contributed by atoms with E-state index in [9.17, 15) is 28.3 Å². The van der Waals surface area contributed by atoms with Crippen LogP contribution in [0, 0.1) is 11.6 Å². The number of carboxylic acid groups (broad SMARTS) is 1. The van der Waals surface area contributed by atoms with Gasteiger partial charge in [0.1, 0.15) is 29.0 Å². The smallest absolute Gasteiger partial charge is 0.327 e. The monoisotopic (exact) mass is 491 g/mol. The second kappa shape index (κ2) is 11.3. The van der Waals surface area contributed by atoms with Crippen molar-refractivity contribution in [3.8, 4) is 11.1 Å². The molecule has 0 radical (unpaired) electrons. The number of nitrogens with one attached hydrogen (secondary N) is 1. The van der Waals surface area contributed by atoms with Crippen molar-refractivity contribution in [1.82, 2.24) is 5.32 Å². The Morgan fingerprint density at radius 3 is 2.38 bits per heavy atom. The van der Waals surface area contributed by atoms with E-state index >= 15 is 0 Å². The molecule has 0 aromatic heterocycles. The maximum atomic E-state index is 14.4. The third kappa shape index (κ3) is 7.98. The van der Waals surface area contributed by atoms with Gasteiger partial charge in [0.15, 0.2) is 5.12 Å². The lowest BCUT2D eigenvalue weighted by atomic mass is 9.96. The Kier molecular flexibility index (Phi) is 8.98. The maximum Gasteiger partial charge on any atom is 0.327 e. The molecule has 9 heteroatoms. The van der Waals surface area contributed by atoms with E-state index < -0.39 is 35.2 Å². The number of carbonyl (C=O) groups is 3. The molecule has 2 aromatic rings. The largest absolute Gasteiger partial charge is 0.488 e. The van der Waals surface area contributed by atoms with Gasteiger partial charge in [-0.25, -0.2) is 13.6 Å². The number of ether oxygens (including phenoxy) is 1. The third-order valence-corrected chi connectivity index (χ3v) is 5.47. The number of carboxylic acids is 1. The summed E-state index contributed by atoms with van der Waals surface area (Å²) in [7, 11) is 0. The van der Waals surface area contributed by atoms with E-state index in [4.69, 9.17) is 4.74 Å². The fraction of sp³-hybridized carbons (Fsp3) is 0.320. The van der Waals surface area contributed by atoms with Crippen LogP contribution in [-0.2, 0) is 25.5 Å². The Labute approximate surface area is 201 Å². The molecule has 2 N–H and O–H groups in total. The van der Waals surface area contributed by atoms with Crippen LogP contribution in [0.15, 0.2) is 43.0 Å². The number of hydrogen-bond acceptors (Lipinski definition) is 5. The molecule has 0 heterocycles. The minimum atomic E-state index is -1.24. The average Bonchev–Trinajstić information content (AvgIpc) is 2.70. The highest BCUT2D eigenvalue weighted by Gasteiger charge is 2.22. The van der Waals surface area contributed by atoms with E-state index in [0.29, 0.717) is 16.7 Å². The highest BCUT2D eigenvalue weighted by Crippen LogP contribution is 2.31. The Bertz CT molecular complexity index is 1110. The second-order valence-corrected chi connectivity index (χ2v) is 9.66. The lowest BCUT2D eigenvalue weighted by molar-refractivity contribution is -0.140. The number of amides is 1. The molecule has 0 aliphatic heterocycles. The van der Waals surface area contributed by atoms with Crippen molar-refractivity contribution in [3.05, 3.63) is 65.7 Å². The fourth-order valence-corrected chi connectivity index (χ4v) is 3.94. The summed E-state index contributed by atoms with van der Waals surface area (Å²) in [4.78, 5) is 35.1. The molecule has 2 rings (SSSR count). The molecule has 0 bridgehead atoms. The summed E-state index contributed by atoms with van der Waals surface area (Å²) in [5, 5.41) is 11.2. The van der Waals surface area contributed by atoms with E-state index in [1.165, 1.54) is 13.0 Å². The fourth-order valence-electron chi connectivity index (χ4n) is 3.11. The first-order valence-corrected chi connectivity index (χ1v) is 11.4. The Hall–Kier alpha value is -3.20. The predicted octanol–water partition coefficient (Wildman–Crippen LogP) is 4.81. The first-order valence-electron chi connectivity index (χ1n) is 10.4. The van der Waals surface area contributed by atoms with E-state index in [0.717, 1.165) is 23.9 Å². The molecule has 0 saturated heterocycles. The van der Waals surface area contributed by atoms with Gasteiger partial charge < -0.3 is 15.2 Å². The number of rotatable bonds is 9. The summed E-state index contributed by atoms with van der Waals surface area (Å²) >= 11 is 0.781. The number of thioether (sulfide) groups is 1. The first kappa shape index (κ1) is 27.0. The van der Waals surface area contributed by atoms with Gasteiger partial charge in [-0.3, -0.25) is 9.59 Å². The number of aliphatic carboxylic acids is 1. The van der Waals surface area contributed by atoms with E-state index in [2.05, 4.69) is 11.9 Å². The lowest BCUT2D eigenvalue weighted by Gasteiger charge is -2.24. The topological polar surface area (TPSA) is 92.7 Å². The molecule has 0 fully saturated rings. The normalized spacial score (nSPS) is 12.1. The van der Waals surface area contributed by atoms with Crippen molar-refractivity contribution in [3.63, 3.8) is 0 Å². The molecule has 0 spiro atoms. The zero-order chi connectivity index (χ0) is 25.6. The summed E-state index contributed by atoms with van der Waals surface area (Å²) in [5.41, 5.74) is 1.06. The minimum absolute atomic E-state index is 0.0783. The van der Waals surface area contributed by atoms with Gasteiger partial charge in [-0.1, -0.05) is 30.5 Å². The minimum Gasteiger partial charge on any atom is -0.488 e. The first-order chi connectivity index (χ1) is 15.8. The van der Waals surface area contributed by atoms with Gasteiger partial charge in [-0.2, -0.15) is 0 Å².